The van der Waals surface area contributed by atoms with E-state index < -0.39 is 11.4 Å². The summed E-state index contributed by atoms with van der Waals surface area (Å²) in [6, 6.07) is 0. The first-order valence-electron chi connectivity index (χ1n) is 8.01. The predicted octanol–water partition coefficient (Wildman–Crippen LogP) is 3.06. The van der Waals surface area contributed by atoms with E-state index in [4.69, 9.17) is 0 Å². The van der Waals surface area contributed by atoms with Gasteiger partial charge in [0.05, 0.1) is 5.41 Å². The highest BCUT2D eigenvalue weighted by Crippen LogP contribution is 2.41. The van der Waals surface area contributed by atoms with E-state index in [9.17, 15) is 14.7 Å². The number of carbonyl (C=O) groups excluding carboxylic acids is 1. The quantitative estimate of drug-likeness (QED) is 0.842. The molecule has 2 aliphatic rings. The lowest BCUT2D eigenvalue weighted by Gasteiger charge is -2.30. The zero-order valence-electron chi connectivity index (χ0n) is 12.6. The van der Waals surface area contributed by atoms with E-state index >= 15 is 0 Å². The summed E-state index contributed by atoms with van der Waals surface area (Å²) >= 11 is 0. The number of carbonyl (C=O) groups is 2. The SMILES string of the molecule is CN(CC1CCCCC1)C(=O)CC1(C(=O)O)CCCC1. The summed E-state index contributed by atoms with van der Waals surface area (Å²) in [7, 11) is 1.83. The van der Waals surface area contributed by atoms with E-state index in [-0.39, 0.29) is 12.3 Å². The second-order valence-electron chi connectivity index (χ2n) is 6.75. The number of carboxylic acid groups (broad SMARTS) is 1. The molecule has 0 aromatic carbocycles. The summed E-state index contributed by atoms with van der Waals surface area (Å²) < 4.78 is 0. The van der Waals surface area contributed by atoms with Gasteiger partial charge in [-0.1, -0.05) is 32.1 Å². The molecule has 2 saturated carbocycles. The van der Waals surface area contributed by atoms with Gasteiger partial charge in [0.2, 0.25) is 5.91 Å². The molecule has 0 aromatic rings. The van der Waals surface area contributed by atoms with Gasteiger partial charge in [0.25, 0.3) is 0 Å². The molecule has 114 valence electrons. The minimum Gasteiger partial charge on any atom is -0.481 e. The van der Waals surface area contributed by atoms with Gasteiger partial charge in [-0.15, -0.1) is 0 Å². The summed E-state index contributed by atoms with van der Waals surface area (Å²) in [5.41, 5.74) is -0.780. The number of aliphatic carboxylic acids is 1. The van der Waals surface area contributed by atoms with Crippen LogP contribution in [0.2, 0.25) is 0 Å². The molecule has 0 saturated heterocycles. The second-order valence-corrected chi connectivity index (χ2v) is 6.75. The Morgan fingerprint density at radius 3 is 2.25 bits per heavy atom. The molecule has 0 radical (unpaired) electrons. The lowest BCUT2D eigenvalue weighted by molar-refractivity contribution is -0.153. The molecule has 1 N–H and O–H groups in total. The first-order chi connectivity index (χ1) is 9.53. The van der Waals surface area contributed by atoms with Crippen molar-refractivity contribution in [1.29, 1.82) is 0 Å². The standard InChI is InChI=1S/C16H27NO3/c1-17(12-13-7-3-2-4-8-13)14(18)11-16(15(19)20)9-5-6-10-16/h13H,2-12H2,1H3,(H,19,20). The Labute approximate surface area is 121 Å². The Morgan fingerprint density at radius 2 is 1.70 bits per heavy atom. The molecule has 0 atom stereocenters. The lowest BCUT2D eigenvalue weighted by Crippen LogP contribution is -2.38. The zero-order valence-corrected chi connectivity index (χ0v) is 12.6. The van der Waals surface area contributed by atoms with Crippen LogP contribution in [0.25, 0.3) is 0 Å². The topological polar surface area (TPSA) is 57.6 Å². The van der Waals surface area contributed by atoms with Crippen molar-refractivity contribution in [3.63, 3.8) is 0 Å². The molecule has 0 bridgehead atoms. The van der Waals surface area contributed by atoms with Gasteiger partial charge in [0.1, 0.15) is 0 Å². The Balaban J connectivity index is 1.87. The number of hydrogen-bond donors (Lipinski definition) is 1. The molecule has 1 amide bonds. The van der Waals surface area contributed by atoms with Crippen LogP contribution in [0.3, 0.4) is 0 Å². The van der Waals surface area contributed by atoms with Crippen molar-refractivity contribution in [3.8, 4) is 0 Å². The number of carboxylic acids is 1. The predicted molar refractivity (Wildman–Crippen MR) is 77.4 cm³/mol. The molecule has 4 nitrogen and oxygen atoms in total. The van der Waals surface area contributed by atoms with Crippen LogP contribution in [0.15, 0.2) is 0 Å². The van der Waals surface area contributed by atoms with Crippen molar-refractivity contribution in [1.82, 2.24) is 4.90 Å². The summed E-state index contributed by atoms with van der Waals surface area (Å²) in [4.78, 5) is 25.6. The maximum Gasteiger partial charge on any atom is 0.310 e. The average molecular weight is 281 g/mol. The lowest BCUT2D eigenvalue weighted by atomic mass is 9.82. The van der Waals surface area contributed by atoms with Gasteiger partial charge in [-0.2, -0.15) is 0 Å². The molecule has 0 unspecified atom stereocenters. The van der Waals surface area contributed by atoms with E-state index in [1.807, 2.05) is 7.05 Å². The van der Waals surface area contributed by atoms with Gasteiger partial charge in [-0.25, -0.2) is 0 Å². The van der Waals surface area contributed by atoms with Gasteiger partial charge in [0, 0.05) is 20.0 Å². The molecular weight excluding hydrogens is 254 g/mol. The largest absolute Gasteiger partial charge is 0.481 e. The van der Waals surface area contributed by atoms with Crippen LogP contribution in [0.5, 0.6) is 0 Å². The van der Waals surface area contributed by atoms with E-state index in [0.717, 1.165) is 19.4 Å². The van der Waals surface area contributed by atoms with E-state index in [1.165, 1.54) is 32.1 Å². The normalized spacial score (nSPS) is 22.6. The molecular formula is C16H27NO3. The summed E-state index contributed by atoms with van der Waals surface area (Å²) in [6.45, 7) is 0.800. The van der Waals surface area contributed by atoms with Gasteiger partial charge < -0.3 is 10.0 Å². The molecule has 2 aliphatic carbocycles. The number of nitrogens with zero attached hydrogens (tertiary/aromatic N) is 1. The van der Waals surface area contributed by atoms with Gasteiger partial charge >= 0.3 is 5.97 Å². The van der Waals surface area contributed by atoms with Crippen LogP contribution < -0.4 is 0 Å². The van der Waals surface area contributed by atoms with Crippen LogP contribution in [0.1, 0.15) is 64.2 Å². The minimum atomic E-state index is -0.783. The molecule has 2 rings (SSSR count). The highest BCUT2D eigenvalue weighted by molar-refractivity contribution is 5.85. The third-order valence-corrected chi connectivity index (χ3v) is 5.19. The Morgan fingerprint density at radius 1 is 1.10 bits per heavy atom. The third-order valence-electron chi connectivity index (χ3n) is 5.19. The van der Waals surface area contributed by atoms with Crippen LogP contribution in [-0.2, 0) is 9.59 Å². The summed E-state index contributed by atoms with van der Waals surface area (Å²) in [5.74, 6) is -0.156. The first-order valence-corrected chi connectivity index (χ1v) is 8.01. The summed E-state index contributed by atoms with van der Waals surface area (Å²) in [5, 5.41) is 9.45. The van der Waals surface area contributed by atoms with Crippen molar-refractivity contribution >= 4 is 11.9 Å². The number of amides is 1. The Bertz CT molecular complexity index is 355. The minimum absolute atomic E-state index is 0.0138. The molecule has 0 aromatic heterocycles. The maximum absolute atomic E-state index is 12.3. The smallest absolute Gasteiger partial charge is 0.310 e. The number of rotatable bonds is 5. The van der Waals surface area contributed by atoms with Gasteiger partial charge in [-0.05, 0) is 31.6 Å². The van der Waals surface area contributed by atoms with Crippen LogP contribution in [0, 0.1) is 11.3 Å². The molecule has 4 heteroatoms. The maximum atomic E-state index is 12.3. The van der Waals surface area contributed by atoms with E-state index in [2.05, 4.69) is 0 Å². The highest BCUT2D eigenvalue weighted by atomic mass is 16.4. The molecule has 20 heavy (non-hydrogen) atoms. The highest BCUT2D eigenvalue weighted by Gasteiger charge is 2.43. The van der Waals surface area contributed by atoms with Crippen molar-refractivity contribution in [2.45, 2.75) is 64.2 Å². The second kappa shape index (κ2) is 6.59. The monoisotopic (exact) mass is 281 g/mol. The summed E-state index contributed by atoms with van der Waals surface area (Å²) in [6.07, 6.45) is 9.65. The van der Waals surface area contributed by atoms with E-state index in [1.54, 1.807) is 4.90 Å². The van der Waals surface area contributed by atoms with Gasteiger partial charge in [0.15, 0.2) is 0 Å². The van der Waals surface area contributed by atoms with Crippen molar-refractivity contribution < 1.29 is 14.7 Å². The third kappa shape index (κ3) is 3.53. The van der Waals surface area contributed by atoms with Crippen molar-refractivity contribution in [2.24, 2.45) is 11.3 Å². The van der Waals surface area contributed by atoms with Crippen molar-refractivity contribution in [2.75, 3.05) is 13.6 Å². The molecule has 0 aliphatic heterocycles. The fourth-order valence-electron chi connectivity index (χ4n) is 3.80. The zero-order chi connectivity index (χ0) is 14.6. The molecule has 0 spiro atoms. The van der Waals surface area contributed by atoms with Crippen LogP contribution in [0.4, 0.5) is 0 Å². The van der Waals surface area contributed by atoms with Crippen LogP contribution >= 0.6 is 0 Å². The fourth-order valence-corrected chi connectivity index (χ4v) is 3.80. The molecule has 2 fully saturated rings. The Hall–Kier alpha value is -1.06. The fraction of sp³-hybridized carbons (Fsp3) is 0.875. The van der Waals surface area contributed by atoms with Crippen molar-refractivity contribution in [3.05, 3.63) is 0 Å². The van der Waals surface area contributed by atoms with Gasteiger partial charge in [-0.3, -0.25) is 9.59 Å². The number of hydrogen-bond acceptors (Lipinski definition) is 2. The first kappa shape index (κ1) is 15.3. The van der Waals surface area contributed by atoms with Crippen LogP contribution in [-0.4, -0.2) is 35.5 Å². The van der Waals surface area contributed by atoms with E-state index in [0.29, 0.717) is 18.8 Å². The molecule has 0 heterocycles. The Kier molecular flexibility index (Phi) is 5.06. The average Bonchev–Trinajstić information content (AvgIpc) is 2.89.